The molecule has 5 nitrogen and oxygen atoms in total. The Balaban J connectivity index is 1.79. The molecule has 1 unspecified atom stereocenters. The van der Waals surface area contributed by atoms with Crippen molar-refractivity contribution in [1.29, 1.82) is 0 Å². The van der Waals surface area contributed by atoms with E-state index in [-0.39, 0.29) is 0 Å². The van der Waals surface area contributed by atoms with E-state index in [4.69, 9.17) is 14.5 Å². The van der Waals surface area contributed by atoms with Crippen molar-refractivity contribution in [3.63, 3.8) is 0 Å². The van der Waals surface area contributed by atoms with Gasteiger partial charge in [0.1, 0.15) is 12.4 Å². The molecule has 0 spiro atoms. The smallest absolute Gasteiger partial charge is 0.333 e. The molecule has 1 N–H and O–H groups in total. The fraction of sp³-hybridized carbons (Fsp3) is 0.125. The largest absolute Gasteiger partial charge is 0.496 e. The molecule has 1 heterocycles. The maximum atomic E-state index is 12.5. The van der Waals surface area contributed by atoms with E-state index in [9.17, 15) is 9.90 Å². The minimum Gasteiger partial charge on any atom is -0.496 e. The van der Waals surface area contributed by atoms with Gasteiger partial charge in [-0.1, -0.05) is 54.6 Å². The summed E-state index contributed by atoms with van der Waals surface area (Å²) in [6, 6.07) is 21.1. The van der Waals surface area contributed by atoms with Gasteiger partial charge in [0.2, 0.25) is 0 Å². The van der Waals surface area contributed by atoms with Crippen LogP contribution in [-0.2, 0) is 16.3 Å². The van der Waals surface area contributed by atoms with Gasteiger partial charge < -0.3 is 14.7 Å². The molecule has 1 aliphatic heterocycles. The maximum Gasteiger partial charge on any atom is 0.333 e. The molecule has 0 aromatic heterocycles. The summed E-state index contributed by atoms with van der Waals surface area (Å²) in [5, 5.41) is 10.3. The minimum atomic E-state index is -0.954. The third kappa shape index (κ3) is 2.70. The summed E-state index contributed by atoms with van der Waals surface area (Å²) in [4.78, 5) is 22.8. The molecule has 0 fully saturated rings. The Labute approximate surface area is 167 Å². The lowest BCUT2D eigenvalue weighted by Crippen LogP contribution is -2.11. The molecule has 29 heavy (non-hydrogen) atoms. The van der Waals surface area contributed by atoms with Crippen molar-refractivity contribution in [2.45, 2.75) is 12.5 Å². The number of methoxy groups -OCH3 is 1. The number of aliphatic carboxylic acids is 1. The van der Waals surface area contributed by atoms with Gasteiger partial charge in [0.05, 0.1) is 12.7 Å². The highest BCUT2D eigenvalue weighted by Crippen LogP contribution is 2.50. The van der Waals surface area contributed by atoms with Crippen molar-refractivity contribution in [2.75, 3.05) is 7.11 Å². The Kier molecular flexibility index (Phi) is 4.11. The molecule has 0 bridgehead atoms. The second-order valence-corrected chi connectivity index (χ2v) is 7.02. The first kappa shape index (κ1) is 17.5. The molecule has 0 amide bonds. The number of hydrogen-bond donors (Lipinski definition) is 1. The average molecular weight is 386 g/mol. The van der Waals surface area contributed by atoms with Crippen molar-refractivity contribution in [3.05, 3.63) is 100 Å². The molecule has 3 aromatic rings. The summed E-state index contributed by atoms with van der Waals surface area (Å²) in [5.74, 6) is -0.0963. The maximum absolute atomic E-state index is 12.5. The van der Waals surface area contributed by atoms with Gasteiger partial charge in [-0.05, 0) is 28.8 Å². The monoisotopic (exact) mass is 386 g/mol. The molecule has 0 saturated carbocycles. The lowest BCUT2D eigenvalue weighted by Gasteiger charge is -2.18. The number of fused-ring (bicyclic) bond motifs is 2. The van der Waals surface area contributed by atoms with Crippen LogP contribution in [0.4, 0.5) is 0 Å². The van der Waals surface area contributed by atoms with Crippen LogP contribution in [0.25, 0.3) is 5.57 Å². The predicted octanol–water partition coefficient (Wildman–Crippen LogP) is 4.55. The highest BCUT2D eigenvalue weighted by molar-refractivity contribution is 6.07. The standard InChI is InChI=1S/C24H18O5/c1-27-19-9-5-4-8-18(19)22-17-7-3-2-6-16(17)21(23(22)24(25)26)14-10-11-15-13-28-29-20(15)12-14/h2-12,22H,13H2,1H3,(H,25,26). The number of hydrogen-bond acceptors (Lipinski definition) is 4. The lowest BCUT2D eigenvalue weighted by molar-refractivity contribution is -0.194. The highest BCUT2D eigenvalue weighted by atomic mass is 17.2. The van der Waals surface area contributed by atoms with E-state index < -0.39 is 11.9 Å². The fourth-order valence-corrected chi connectivity index (χ4v) is 4.25. The van der Waals surface area contributed by atoms with E-state index >= 15 is 0 Å². The van der Waals surface area contributed by atoms with Gasteiger partial charge in [-0.2, -0.15) is 4.89 Å². The van der Waals surface area contributed by atoms with Gasteiger partial charge in [-0.15, -0.1) is 0 Å². The molecule has 144 valence electrons. The first-order valence-electron chi connectivity index (χ1n) is 9.31. The van der Waals surface area contributed by atoms with Crippen molar-refractivity contribution in [1.82, 2.24) is 0 Å². The number of carboxylic acids is 1. The molecule has 2 aliphatic rings. The molecule has 1 aliphatic carbocycles. The zero-order valence-electron chi connectivity index (χ0n) is 15.7. The van der Waals surface area contributed by atoms with Crippen LogP contribution >= 0.6 is 0 Å². The zero-order chi connectivity index (χ0) is 20.0. The average Bonchev–Trinajstić information content (AvgIpc) is 3.35. The molecule has 0 saturated heterocycles. The van der Waals surface area contributed by atoms with Gasteiger partial charge in [-0.25, -0.2) is 4.79 Å². The third-order valence-corrected chi connectivity index (χ3v) is 5.50. The number of para-hydroxylation sites is 1. The number of benzene rings is 3. The van der Waals surface area contributed by atoms with Gasteiger partial charge >= 0.3 is 5.97 Å². The van der Waals surface area contributed by atoms with E-state index in [0.29, 0.717) is 29.3 Å². The minimum absolute atomic E-state index is 0.328. The van der Waals surface area contributed by atoms with Crippen LogP contribution in [0.5, 0.6) is 11.5 Å². The summed E-state index contributed by atoms with van der Waals surface area (Å²) >= 11 is 0. The second kappa shape index (κ2) is 6.79. The summed E-state index contributed by atoms with van der Waals surface area (Å²) in [6.07, 6.45) is 0. The molecule has 5 rings (SSSR count). The van der Waals surface area contributed by atoms with Crippen LogP contribution in [0.3, 0.4) is 0 Å². The number of rotatable bonds is 4. The summed E-state index contributed by atoms with van der Waals surface area (Å²) in [6.45, 7) is 0.390. The van der Waals surface area contributed by atoms with Crippen molar-refractivity contribution in [3.8, 4) is 11.5 Å². The topological polar surface area (TPSA) is 65.0 Å². The van der Waals surface area contributed by atoms with Gasteiger partial charge in [0.25, 0.3) is 0 Å². The normalized spacial score (nSPS) is 16.9. The van der Waals surface area contributed by atoms with Crippen LogP contribution in [0.2, 0.25) is 0 Å². The Hall–Kier alpha value is -3.57. The van der Waals surface area contributed by atoms with Gasteiger partial charge in [-0.3, -0.25) is 0 Å². The van der Waals surface area contributed by atoms with E-state index in [1.807, 2.05) is 66.7 Å². The highest BCUT2D eigenvalue weighted by Gasteiger charge is 2.38. The molecule has 0 radical (unpaired) electrons. The van der Waals surface area contributed by atoms with Crippen molar-refractivity contribution < 1.29 is 24.4 Å². The second-order valence-electron chi connectivity index (χ2n) is 7.02. The number of carboxylic acid groups (broad SMARTS) is 1. The molecule has 3 aromatic carbocycles. The van der Waals surface area contributed by atoms with E-state index in [1.54, 1.807) is 7.11 Å². The third-order valence-electron chi connectivity index (χ3n) is 5.50. The molecule has 1 atom stereocenters. The summed E-state index contributed by atoms with van der Waals surface area (Å²) in [7, 11) is 1.60. The Morgan fingerprint density at radius 1 is 1.03 bits per heavy atom. The van der Waals surface area contributed by atoms with E-state index in [0.717, 1.165) is 27.8 Å². The SMILES string of the molecule is COc1ccccc1C1C(C(=O)O)=C(c2ccc3c(c2)OOC3)c2ccccc21. The van der Waals surface area contributed by atoms with Crippen LogP contribution in [0, 0.1) is 0 Å². The van der Waals surface area contributed by atoms with Gasteiger partial charge in [0, 0.05) is 22.6 Å². The first-order chi connectivity index (χ1) is 14.2. The summed E-state index contributed by atoms with van der Waals surface area (Å²) in [5.41, 5.74) is 5.43. The quantitative estimate of drug-likeness (QED) is 0.667. The van der Waals surface area contributed by atoms with E-state index in [2.05, 4.69) is 0 Å². The van der Waals surface area contributed by atoms with Crippen LogP contribution in [0.15, 0.2) is 72.3 Å². The van der Waals surface area contributed by atoms with Crippen LogP contribution in [-0.4, -0.2) is 18.2 Å². The first-order valence-corrected chi connectivity index (χ1v) is 9.31. The van der Waals surface area contributed by atoms with Gasteiger partial charge in [0.15, 0.2) is 5.75 Å². The number of ether oxygens (including phenoxy) is 1. The van der Waals surface area contributed by atoms with Crippen molar-refractivity contribution >= 4 is 11.5 Å². The lowest BCUT2D eigenvalue weighted by atomic mass is 9.87. The Morgan fingerprint density at radius 2 is 1.79 bits per heavy atom. The Morgan fingerprint density at radius 3 is 2.59 bits per heavy atom. The molecular weight excluding hydrogens is 368 g/mol. The Bertz CT molecular complexity index is 1160. The zero-order valence-corrected chi connectivity index (χ0v) is 15.7. The van der Waals surface area contributed by atoms with Crippen molar-refractivity contribution in [2.24, 2.45) is 0 Å². The fourth-order valence-electron chi connectivity index (χ4n) is 4.25. The predicted molar refractivity (Wildman–Crippen MR) is 107 cm³/mol. The molecule has 5 heteroatoms. The van der Waals surface area contributed by atoms with Crippen LogP contribution < -0.4 is 9.62 Å². The van der Waals surface area contributed by atoms with Crippen LogP contribution in [0.1, 0.15) is 33.7 Å². The molecular formula is C24H18O5. The summed E-state index contributed by atoms with van der Waals surface area (Å²) < 4.78 is 5.55. The number of carbonyl (C=O) groups is 1. The van der Waals surface area contributed by atoms with E-state index in [1.165, 1.54) is 0 Å².